The minimum Gasteiger partial charge on any atom is -0.467 e. The second-order valence-electron chi connectivity index (χ2n) is 6.64. The molecule has 6 heteroatoms. The fourth-order valence-electron chi connectivity index (χ4n) is 3.19. The summed E-state index contributed by atoms with van der Waals surface area (Å²) in [7, 11) is 0. The number of furan rings is 1. The van der Waals surface area contributed by atoms with E-state index in [0.717, 1.165) is 25.9 Å². The molecule has 1 saturated heterocycles. The van der Waals surface area contributed by atoms with Gasteiger partial charge in [0.25, 0.3) is 0 Å². The lowest BCUT2D eigenvalue weighted by Crippen LogP contribution is -2.52. The second-order valence-corrected chi connectivity index (χ2v) is 6.64. The number of piperazine rings is 1. The van der Waals surface area contributed by atoms with Crippen LogP contribution in [0.3, 0.4) is 0 Å². The minimum atomic E-state index is -0.622. The van der Waals surface area contributed by atoms with E-state index in [1.165, 1.54) is 5.56 Å². The third kappa shape index (κ3) is 5.34. The Labute approximate surface area is 154 Å². The molecule has 140 valence electrons. The van der Waals surface area contributed by atoms with E-state index in [0.29, 0.717) is 31.9 Å². The van der Waals surface area contributed by atoms with Gasteiger partial charge in [0.2, 0.25) is 0 Å². The number of amides is 2. The molecule has 1 aliphatic heterocycles. The average molecular weight is 357 g/mol. The Bertz CT molecular complexity index is 652. The molecule has 2 aromatic rings. The third-order valence-corrected chi connectivity index (χ3v) is 4.72. The van der Waals surface area contributed by atoms with Crippen molar-refractivity contribution in [1.82, 2.24) is 15.1 Å². The summed E-state index contributed by atoms with van der Waals surface area (Å²) in [6.45, 7) is 4.08. The Hall–Kier alpha value is -2.31. The van der Waals surface area contributed by atoms with Crippen LogP contribution in [-0.4, -0.2) is 60.2 Å². The van der Waals surface area contributed by atoms with Crippen LogP contribution < -0.4 is 5.32 Å². The van der Waals surface area contributed by atoms with Gasteiger partial charge in [-0.1, -0.05) is 30.3 Å². The largest absolute Gasteiger partial charge is 0.467 e. The van der Waals surface area contributed by atoms with Crippen LogP contribution in [0.5, 0.6) is 0 Å². The van der Waals surface area contributed by atoms with E-state index in [4.69, 9.17) is 4.42 Å². The molecular weight excluding hydrogens is 330 g/mol. The molecule has 2 N–H and O–H groups in total. The van der Waals surface area contributed by atoms with Crippen molar-refractivity contribution in [1.29, 1.82) is 0 Å². The van der Waals surface area contributed by atoms with E-state index in [1.807, 2.05) is 23.1 Å². The molecule has 0 radical (unpaired) electrons. The van der Waals surface area contributed by atoms with Crippen molar-refractivity contribution in [3.8, 4) is 0 Å². The summed E-state index contributed by atoms with van der Waals surface area (Å²) in [6.07, 6.45) is 2.85. The first-order chi connectivity index (χ1) is 12.7. The zero-order valence-corrected chi connectivity index (χ0v) is 15.0. The molecule has 2 amide bonds. The van der Waals surface area contributed by atoms with Crippen LogP contribution >= 0.6 is 0 Å². The summed E-state index contributed by atoms with van der Waals surface area (Å²) in [5, 5.41) is 13.2. The van der Waals surface area contributed by atoms with Gasteiger partial charge in [0.15, 0.2) is 0 Å². The summed E-state index contributed by atoms with van der Waals surface area (Å²) in [5.74, 6) is 0.587. The lowest BCUT2D eigenvalue weighted by atomic mass is 10.1. The normalized spacial score (nSPS) is 16.4. The number of rotatable bonds is 7. The van der Waals surface area contributed by atoms with Gasteiger partial charge in [-0.25, -0.2) is 4.79 Å². The fraction of sp³-hybridized carbons (Fsp3) is 0.450. The van der Waals surface area contributed by atoms with Gasteiger partial charge in [-0.15, -0.1) is 0 Å². The highest BCUT2D eigenvalue weighted by molar-refractivity contribution is 5.74. The Morgan fingerprint density at radius 3 is 2.58 bits per heavy atom. The summed E-state index contributed by atoms with van der Waals surface area (Å²) < 4.78 is 5.23. The van der Waals surface area contributed by atoms with Gasteiger partial charge in [-0.05, 0) is 30.5 Å². The van der Waals surface area contributed by atoms with Crippen molar-refractivity contribution in [3.63, 3.8) is 0 Å². The Morgan fingerprint density at radius 1 is 1.12 bits per heavy atom. The highest BCUT2D eigenvalue weighted by Gasteiger charge is 2.23. The number of benzene rings is 1. The first-order valence-electron chi connectivity index (χ1n) is 9.23. The van der Waals surface area contributed by atoms with Crippen molar-refractivity contribution in [2.24, 2.45) is 0 Å². The number of nitrogens with one attached hydrogen (secondary N) is 1. The topological polar surface area (TPSA) is 69.0 Å². The number of hydrogen-bond acceptors (Lipinski definition) is 4. The molecule has 1 fully saturated rings. The number of urea groups is 1. The number of carbonyl (C=O) groups excluding carboxylic acids is 1. The van der Waals surface area contributed by atoms with E-state index >= 15 is 0 Å². The molecule has 1 aromatic heterocycles. The van der Waals surface area contributed by atoms with Crippen molar-refractivity contribution in [3.05, 3.63) is 60.1 Å². The molecule has 26 heavy (non-hydrogen) atoms. The number of nitrogens with zero attached hydrogens (tertiary/aromatic N) is 2. The Kier molecular flexibility index (Phi) is 6.68. The van der Waals surface area contributed by atoms with E-state index in [-0.39, 0.29) is 6.03 Å². The summed E-state index contributed by atoms with van der Waals surface area (Å²) >= 11 is 0. The van der Waals surface area contributed by atoms with Gasteiger partial charge in [0.05, 0.1) is 6.26 Å². The number of hydrogen-bond donors (Lipinski definition) is 2. The van der Waals surface area contributed by atoms with Gasteiger partial charge in [-0.2, -0.15) is 0 Å². The average Bonchev–Trinajstić information content (AvgIpc) is 3.21. The Morgan fingerprint density at radius 2 is 1.88 bits per heavy atom. The maximum Gasteiger partial charge on any atom is 0.317 e. The van der Waals surface area contributed by atoms with E-state index < -0.39 is 6.10 Å². The molecular formula is C20H27N3O3. The number of aryl methyl sites for hydroxylation is 1. The van der Waals surface area contributed by atoms with Crippen LogP contribution in [-0.2, 0) is 6.42 Å². The number of aliphatic hydroxyl groups excluding tert-OH is 1. The van der Waals surface area contributed by atoms with Crippen LogP contribution in [0.4, 0.5) is 4.79 Å². The number of β-amino-alcohol motifs (C(OH)–C–C–N with tert-alkyl or cyclic N) is 1. The first kappa shape index (κ1) is 18.5. The summed E-state index contributed by atoms with van der Waals surface area (Å²) in [6, 6.07) is 13.9. The molecule has 1 aromatic carbocycles. The molecule has 0 saturated carbocycles. The fourth-order valence-corrected chi connectivity index (χ4v) is 3.19. The van der Waals surface area contributed by atoms with Crippen LogP contribution in [0.1, 0.15) is 23.8 Å². The van der Waals surface area contributed by atoms with Crippen molar-refractivity contribution < 1.29 is 14.3 Å². The van der Waals surface area contributed by atoms with Gasteiger partial charge < -0.3 is 19.7 Å². The molecule has 1 aliphatic rings. The van der Waals surface area contributed by atoms with Crippen LogP contribution in [0.15, 0.2) is 53.1 Å². The van der Waals surface area contributed by atoms with Crippen molar-refractivity contribution >= 4 is 6.03 Å². The lowest BCUT2D eigenvalue weighted by Gasteiger charge is -2.35. The highest BCUT2D eigenvalue weighted by atomic mass is 16.4. The lowest BCUT2D eigenvalue weighted by molar-refractivity contribution is 0.0692. The Balaban J connectivity index is 1.32. The van der Waals surface area contributed by atoms with Gasteiger partial charge in [0, 0.05) is 39.3 Å². The molecule has 1 atom stereocenters. The standard InChI is InChI=1S/C20H27N3O3/c24-18(19-9-5-15-26-19)16-22-11-13-23(14-12-22)20(25)21-10-4-8-17-6-2-1-3-7-17/h1-3,5-7,9,15,18,24H,4,8,10-14,16H2,(H,21,25). The first-order valence-corrected chi connectivity index (χ1v) is 9.23. The predicted molar refractivity (Wildman–Crippen MR) is 99.8 cm³/mol. The zero-order valence-electron chi connectivity index (χ0n) is 15.0. The van der Waals surface area contributed by atoms with Gasteiger partial charge in [-0.3, -0.25) is 4.90 Å². The zero-order chi connectivity index (χ0) is 18.2. The molecule has 0 spiro atoms. The molecule has 6 nitrogen and oxygen atoms in total. The van der Waals surface area contributed by atoms with Crippen molar-refractivity contribution in [2.75, 3.05) is 39.3 Å². The minimum absolute atomic E-state index is 0.00398. The maximum atomic E-state index is 12.3. The predicted octanol–water partition coefficient (Wildman–Crippen LogP) is 2.27. The summed E-state index contributed by atoms with van der Waals surface area (Å²) in [5.41, 5.74) is 1.30. The monoisotopic (exact) mass is 357 g/mol. The maximum absolute atomic E-state index is 12.3. The van der Waals surface area contributed by atoms with Crippen molar-refractivity contribution in [2.45, 2.75) is 18.9 Å². The molecule has 3 rings (SSSR count). The third-order valence-electron chi connectivity index (χ3n) is 4.72. The SMILES string of the molecule is O=C(NCCCc1ccccc1)N1CCN(CC(O)c2ccco2)CC1. The van der Waals surface area contributed by atoms with Crippen LogP contribution in [0.25, 0.3) is 0 Å². The second kappa shape index (κ2) is 9.40. The quantitative estimate of drug-likeness (QED) is 0.746. The summed E-state index contributed by atoms with van der Waals surface area (Å²) in [4.78, 5) is 16.3. The van der Waals surface area contributed by atoms with E-state index in [9.17, 15) is 9.90 Å². The molecule has 2 heterocycles. The molecule has 1 unspecified atom stereocenters. The van der Waals surface area contributed by atoms with E-state index in [2.05, 4.69) is 22.3 Å². The van der Waals surface area contributed by atoms with Crippen LogP contribution in [0, 0.1) is 0 Å². The van der Waals surface area contributed by atoms with Gasteiger partial charge >= 0.3 is 6.03 Å². The molecule has 0 aliphatic carbocycles. The van der Waals surface area contributed by atoms with E-state index in [1.54, 1.807) is 18.4 Å². The number of aliphatic hydroxyl groups is 1. The smallest absolute Gasteiger partial charge is 0.317 e. The number of carbonyl (C=O) groups is 1. The van der Waals surface area contributed by atoms with Gasteiger partial charge in [0.1, 0.15) is 11.9 Å². The van der Waals surface area contributed by atoms with Crippen LogP contribution in [0.2, 0.25) is 0 Å². The molecule has 0 bridgehead atoms. The highest BCUT2D eigenvalue weighted by Crippen LogP contribution is 2.15.